The minimum atomic E-state index is -0.0523. The third-order valence-electron chi connectivity index (χ3n) is 1.76. The number of halogens is 2. The van der Waals surface area contributed by atoms with E-state index in [1.54, 1.807) is 12.1 Å². The van der Waals surface area contributed by atoms with E-state index in [9.17, 15) is 4.79 Å². The van der Waals surface area contributed by atoms with Crippen LogP contribution in [-0.4, -0.2) is 12.5 Å². The lowest BCUT2D eigenvalue weighted by Crippen LogP contribution is -2.13. The fourth-order valence-corrected chi connectivity index (χ4v) is 1.22. The van der Waals surface area contributed by atoms with Crippen LogP contribution in [0, 0.1) is 0 Å². The minimum absolute atomic E-state index is 0. The van der Waals surface area contributed by atoms with Crippen LogP contribution in [0.15, 0.2) is 24.3 Å². The molecule has 0 aliphatic heterocycles. The lowest BCUT2D eigenvalue weighted by molar-refractivity contribution is -0.116. The van der Waals surface area contributed by atoms with Gasteiger partial charge in [-0.25, -0.2) is 0 Å². The second-order valence-electron chi connectivity index (χ2n) is 2.92. The Morgan fingerprint density at radius 2 is 2.07 bits per heavy atom. The van der Waals surface area contributed by atoms with Crippen LogP contribution >= 0.6 is 24.0 Å². The van der Waals surface area contributed by atoms with Crippen molar-refractivity contribution in [3.05, 3.63) is 29.3 Å². The Hall–Kier alpha value is -0.770. The monoisotopic (exact) mass is 248 g/mol. The maximum atomic E-state index is 11.3. The number of amides is 1. The summed E-state index contributed by atoms with van der Waals surface area (Å²) in [5.41, 5.74) is 5.94. The van der Waals surface area contributed by atoms with Gasteiger partial charge in [0.05, 0.1) is 10.7 Å². The third-order valence-corrected chi connectivity index (χ3v) is 2.09. The summed E-state index contributed by atoms with van der Waals surface area (Å²) < 4.78 is 0. The molecule has 0 unspecified atom stereocenters. The van der Waals surface area contributed by atoms with Gasteiger partial charge in [-0.2, -0.15) is 0 Å². The molecule has 0 aliphatic rings. The Balaban J connectivity index is 0.00000196. The van der Waals surface area contributed by atoms with E-state index in [0.29, 0.717) is 30.1 Å². The van der Waals surface area contributed by atoms with E-state index in [4.69, 9.17) is 17.3 Å². The quantitative estimate of drug-likeness (QED) is 0.861. The van der Waals surface area contributed by atoms with Crippen LogP contribution in [0.25, 0.3) is 0 Å². The van der Waals surface area contributed by atoms with E-state index in [1.165, 1.54) is 0 Å². The van der Waals surface area contributed by atoms with Gasteiger partial charge >= 0.3 is 0 Å². The molecule has 1 aromatic rings. The lowest BCUT2D eigenvalue weighted by atomic mass is 10.2. The summed E-state index contributed by atoms with van der Waals surface area (Å²) in [6.45, 7) is 0.524. The van der Waals surface area contributed by atoms with Gasteiger partial charge in [0.1, 0.15) is 0 Å². The van der Waals surface area contributed by atoms with Crippen molar-refractivity contribution in [1.29, 1.82) is 0 Å². The van der Waals surface area contributed by atoms with Crippen LogP contribution in [0.5, 0.6) is 0 Å². The van der Waals surface area contributed by atoms with E-state index >= 15 is 0 Å². The van der Waals surface area contributed by atoms with Crippen LogP contribution in [0.1, 0.15) is 12.8 Å². The van der Waals surface area contributed by atoms with Crippen molar-refractivity contribution in [2.45, 2.75) is 12.8 Å². The van der Waals surface area contributed by atoms with Gasteiger partial charge in [0, 0.05) is 6.42 Å². The fraction of sp³-hybridized carbons (Fsp3) is 0.300. The van der Waals surface area contributed by atoms with Gasteiger partial charge in [-0.05, 0) is 25.1 Å². The summed E-state index contributed by atoms with van der Waals surface area (Å²) in [5.74, 6) is -0.0523. The van der Waals surface area contributed by atoms with Crippen molar-refractivity contribution in [2.24, 2.45) is 5.73 Å². The molecule has 0 radical (unpaired) electrons. The van der Waals surface area contributed by atoms with Crippen molar-refractivity contribution >= 4 is 35.6 Å². The second kappa shape index (κ2) is 7.51. The molecule has 0 atom stereocenters. The molecule has 5 heteroatoms. The Morgan fingerprint density at radius 3 is 2.67 bits per heavy atom. The number of hydrogen-bond acceptors (Lipinski definition) is 2. The highest BCUT2D eigenvalue weighted by Crippen LogP contribution is 2.20. The Kier molecular flexibility index (Phi) is 7.13. The Labute approximate surface area is 100 Å². The number of rotatable bonds is 4. The van der Waals surface area contributed by atoms with Gasteiger partial charge in [0.15, 0.2) is 0 Å². The van der Waals surface area contributed by atoms with Crippen molar-refractivity contribution in [3.8, 4) is 0 Å². The molecule has 3 nitrogen and oxygen atoms in total. The first-order chi connectivity index (χ1) is 6.74. The van der Waals surface area contributed by atoms with Crippen molar-refractivity contribution in [2.75, 3.05) is 11.9 Å². The molecular weight excluding hydrogens is 235 g/mol. The maximum absolute atomic E-state index is 11.3. The number of carbonyl (C=O) groups excluding carboxylic acids is 1. The number of nitrogens with one attached hydrogen (secondary N) is 1. The van der Waals surface area contributed by atoms with Crippen LogP contribution in [0.4, 0.5) is 5.69 Å². The molecule has 0 saturated heterocycles. The first kappa shape index (κ1) is 14.2. The summed E-state index contributed by atoms with van der Waals surface area (Å²) in [7, 11) is 0. The van der Waals surface area contributed by atoms with Crippen molar-refractivity contribution < 1.29 is 4.79 Å². The smallest absolute Gasteiger partial charge is 0.224 e. The van der Waals surface area contributed by atoms with Crippen LogP contribution in [0.2, 0.25) is 5.02 Å². The molecule has 0 saturated carbocycles. The van der Waals surface area contributed by atoms with Crippen LogP contribution in [0.3, 0.4) is 0 Å². The zero-order valence-corrected chi connectivity index (χ0v) is 9.77. The fourth-order valence-electron chi connectivity index (χ4n) is 1.04. The zero-order valence-electron chi connectivity index (χ0n) is 8.20. The van der Waals surface area contributed by atoms with E-state index in [2.05, 4.69) is 5.32 Å². The SMILES string of the molecule is Cl.NCCCC(=O)Nc1ccccc1Cl. The highest BCUT2D eigenvalue weighted by molar-refractivity contribution is 6.33. The molecule has 0 heterocycles. The van der Waals surface area contributed by atoms with Gasteiger partial charge < -0.3 is 11.1 Å². The summed E-state index contributed by atoms with van der Waals surface area (Å²) >= 11 is 5.86. The second-order valence-corrected chi connectivity index (χ2v) is 3.33. The Bertz CT molecular complexity index is 318. The normalized spacial score (nSPS) is 9.20. The van der Waals surface area contributed by atoms with Gasteiger partial charge in [-0.15, -0.1) is 12.4 Å². The minimum Gasteiger partial charge on any atom is -0.330 e. The standard InChI is InChI=1S/C10H13ClN2O.ClH/c11-8-4-1-2-5-9(8)13-10(14)6-3-7-12;/h1-2,4-5H,3,6-7,12H2,(H,13,14);1H. The van der Waals surface area contributed by atoms with Gasteiger partial charge in [-0.3, -0.25) is 4.79 Å². The van der Waals surface area contributed by atoms with Crippen molar-refractivity contribution in [3.63, 3.8) is 0 Å². The first-order valence-corrected chi connectivity index (χ1v) is 4.86. The van der Waals surface area contributed by atoms with E-state index in [1.807, 2.05) is 12.1 Å². The predicted octanol–water partition coefficient (Wildman–Crippen LogP) is 2.44. The summed E-state index contributed by atoms with van der Waals surface area (Å²) in [6, 6.07) is 7.14. The van der Waals surface area contributed by atoms with Crippen LogP contribution < -0.4 is 11.1 Å². The number of anilines is 1. The van der Waals surface area contributed by atoms with Gasteiger partial charge in [0.2, 0.25) is 5.91 Å². The molecule has 1 aromatic carbocycles. The number of carbonyl (C=O) groups is 1. The van der Waals surface area contributed by atoms with E-state index in [-0.39, 0.29) is 18.3 Å². The zero-order chi connectivity index (χ0) is 10.4. The summed E-state index contributed by atoms with van der Waals surface area (Å²) in [5, 5.41) is 3.27. The molecule has 84 valence electrons. The number of nitrogens with two attached hydrogens (primary N) is 1. The number of benzene rings is 1. The van der Waals surface area contributed by atoms with Gasteiger partial charge in [-0.1, -0.05) is 23.7 Å². The molecule has 0 fully saturated rings. The Morgan fingerprint density at radius 1 is 1.40 bits per heavy atom. The molecule has 15 heavy (non-hydrogen) atoms. The van der Waals surface area contributed by atoms with E-state index in [0.717, 1.165) is 0 Å². The number of hydrogen-bond donors (Lipinski definition) is 2. The largest absolute Gasteiger partial charge is 0.330 e. The molecular formula is C10H14Cl2N2O. The predicted molar refractivity (Wildman–Crippen MR) is 65.6 cm³/mol. The molecule has 0 aliphatic carbocycles. The van der Waals surface area contributed by atoms with Gasteiger partial charge in [0.25, 0.3) is 0 Å². The number of para-hydroxylation sites is 1. The topological polar surface area (TPSA) is 55.1 Å². The molecule has 0 bridgehead atoms. The molecule has 0 aromatic heterocycles. The van der Waals surface area contributed by atoms with Crippen LogP contribution in [-0.2, 0) is 4.79 Å². The van der Waals surface area contributed by atoms with Crippen molar-refractivity contribution in [1.82, 2.24) is 0 Å². The maximum Gasteiger partial charge on any atom is 0.224 e. The molecule has 0 spiro atoms. The highest BCUT2D eigenvalue weighted by atomic mass is 35.5. The molecule has 3 N–H and O–H groups in total. The summed E-state index contributed by atoms with van der Waals surface area (Å²) in [4.78, 5) is 11.3. The van der Waals surface area contributed by atoms with E-state index < -0.39 is 0 Å². The molecule has 1 amide bonds. The first-order valence-electron chi connectivity index (χ1n) is 4.48. The lowest BCUT2D eigenvalue weighted by Gasteiger charge is -2.05. The summed E-state index contributed by atoms with van der Waals surface area (Å²) in [6.07, 6.45) is 1.12. The highest BCUT2D eigenvalue weighted by Gasteiger charge is 2.03. The average molecular weight is 249 g/mol. The average Bonchev–Trinajstić information content (AvgIpc) is 2.18. The third kappa shape index (κ3) is 5.02. The molecule has 1 rings (SSSR count).